The number of guanidine groups is 1. The molecular formula is C19H30IN7O. The molecule has 0 saturated heterocycles. The van der Waals surface area contributed by atoms with Gasteiger partial charge in [0.1, 0.15) is 6.54 Å². The van der Waals surface area contributed by atoms with Crippen molar-refractivity contribution in [1.82, 2.24) is 30.5 Å². The Morgan fingerprint density at radius 2 is 2.04 bits per heavy atom. The van der Waals surface area contributed by atoms with Crippen LogP contribution in [-0.4, -0.2) is 45.6 Å². The fraction of sp³-hybridized carbons (Fsp3) is 0.579. The third-order valence-corrected chi connectivity index (χ3v) is 4.72. The van der Waals surface area contributed by atoms with Gasteiger partial charge in [-0.1, -0.05) is 25.3 Å². The summed E-state index contributed by atoms with van der Waals surface area (Å²) in [6.07, 6.45) is 8.31. The second kappa shape index (κ2) is 11.8. The van der Waals surface area contributed by atoms with Crippen LogP contribution in [0.1, 0.15) is 51.3 Å². The van der Waals surface area contributed by atoms with Gasteiger partial charge in [-0.2, -0.15) is 0 Å². The fourth-order valence-electron chi connectivity index (χ4n) is 3.33. The number of pyridine rings is 1. The molecule has 1 amide bonds. The molecule has 0 aliphatic heterocycles. The number of carbonyl (C=O) groups excluding carboxylic acids is 1. The van der Waals surface area contributed by atoms with E-state index in [4.69, 9.17) is 0 Å². The number of hydrogen-bond donors (Lipinski definition) is 3. The Morgan fingerprint density at radius 3 is 2.82 bits per heavy atom. The van der Waals surface area contributed by atoms with Crippen LogP contribution < -0.4 is 16.0 Å². The van der Waals surface area contributed by atoms with Crippen molar-refractivity contribution in [2.75, 3.05) is 13.1 Å². The SMILES string of the molecule is CCNC(=NCc1nnc2ccccn12)NCCC(=O)NC1CCCCC1.I. The van der Waals surface area contributed by atoms with Crippen molar-refractivity contribution < 1.29 is 4.79 Å². The predicted molar refractivity (Wildman–Crippen MR) is 121 cm³/mol. The molecule has 0 radical (unpaired) electrons. The summed E-state index contributed by atoms with van der Waals surface area (Å²) in [7, 11) is 0. The minimum Gasteiger partial charge on any atom is -0.357 e. The molecule has 3 N–H and O–H groups in total. The quantitative estimate of drug-likeness (QED) is 0.309. The van der Waals surface area contributed by atoms with E-state index in [-0.39, 0.29) is 29.9 Å². The summed E-state index contributed by atoms with van der Waals surface area (Å²) >= 11 is 0. The first-order valence-corrected chi connectivity index (χ1v) is 9.86. The number of hydrogen-bond acceptors (Lipinski definition) is 4. The minimum atomic E-state index is 0. The topological polar surface area (TPSA) is 95.7 Å². The molecule has 1 aliphatic rings. The normalized spacial score (nSPS) is 15.1. The van der Waals surface area contributed by atoms with E-state index >= 15 is 0 Å². The number of nitrogens with one attached hydrogen (secondary N) is 3. The lowest BCUT2D eigenvalue weighted by Gasteiger charge is -2.22. The van der Waals surface area contributed by atoms with Crippen molar-refractivity contribution in [1.29, 1.82) is 0 Å². The zero-order valence-corrected chi connectivity index (χ0v) is 18.7. The maximum atomic E-state index is 12.1. The van der Waals surface area contributed by atoms with Crippen LogP contribution >= 0.6 is 24.0 Å². The van der Waals surface area contributed by atoms with Crippen molar-refractivity contribution in [3.8, 4) is 0 Å². The van der Waals surface area contributed by atoms with E-state index in [9.17, 15) is 4.79 Å². The largest absolute Gasteiger partial charge is 0.357 e. The van der Waals surface area contributed by atoms with Gasteiger partial charge >= 0.3 is 0 Å². The van der Waals surface area contributed by atoms with Gasteiger partial charge in [-0.05, 0) is 31.9 Å². The van der Waals surface area contributed by atoms with Crippen LogP contribution in [0.2, 0.25) is 0 Å². The van der Waals surface area contributed by atoms with E-state index in [0.29, 0.717) is 31.5 Å². The van der Waals surface area contributed by atoms with Gasteiger partial charge in [-0.3, -0.25) is 9.20 Å². The van der Waals surface area contributed by atoms with Crippen LogP contribution in [0.15, 0.2) is 29.4 Å². The summed E-state index contributed by atoms with van der Waals surface area (Å²) in [6.45, 7) is 3.72. The van der Waals surface area contributed by atoms with Crippen molar-refractivity contribution in [3.63, 3.8) is 0 Å². The van der Waals surface area contributed by atoms with E-state index in [1.807, 2.05) is 35.7 Å². The summed E-state index contributed by atoms with van der Waals surface area (Å²) < 4.78 is 1.92. The Kier molecular flexibility index (Phi) is 9.45. The molecule has 0 aromatic carbocycles. The molecule has 28 heavy (non-hydrogen) atoms. The van der Waals surface area contributed by atoms with E-state index in [1.54, 1.807) is 0 Å². The highest BCUT2D eigenvalue weighted by Gasteiger charge is 2.15. The molecular weight excluding hydrogens is 469 g/mol. The first-order chi connectivity index (χ1) is 13.3. The van der Waals surface area contributed by atoms with Gasteiger partial charge in [-0.25, -0.2) is 4.99 Å². The van der Waals surface area contributed by atoms with E-state index in [1.165, 1.54) is 19.3 Å². The number of nitrogens with zero attached hydrogens (tertiary/aromatic N) is 4. The molecule has 0 unspecified atom stereocenters. The molecule has 2 aromatic rings. The number of fused-ring (bicyclic) bond motifs is 1. The van der Waals surface area contributed by atoms with Crippen LogP contribution in [0, 0.1) is 0 Å². The van der Waals surface area contributed by atoms with E-state index in [2.05, 4.69) is 31.1 Å². The van der Waals surface area contributed by atoms with Crippen LogP contribution in [0.3, 0.4) is 0 Å². The fourth-order valence-corrected chi connectivity index (χ4v) is 3.33. The standard InChI is InChI=1S/C19H29N7O.HI/c1-2-20-19(21-12-11-18(27)23-15-8-4-3-5-9-15)22-14-17-25-24-16-10-6-7-13-26(16)17;/h6-7,10,13,15H,2-5,8-9,11-12,14H2,1H3,(H,23,27)(H2,20,21,22);1H. The second-order valence-corrected chi connectivity index (χ2v) is 6.82. The summed E-state index contributed by atoms with van der Waals surface area (Å²) in [6, 6.07) is 6.14. The molecule has 1 saturated carbocycles. The molecule has 0 atom stereocenters. The maximum absolute atomic E-state index is 12.1. The van der Waals surface area contributed by atoms with Gasteiger partial charge in [0.2, 0.25) is 5.91 Å². The second-order valence-electron chi connectivity index (χ2n) is 6.82. The minimum absolute atomic E-state index is 0. The highest BCUT2D eigenvalue weighted by atomic mass is 127. The van der Waals surface area contributed by atoms with Crippen LogP contribution in [0.25, 0.3) is 5.65 Å². The summed E-state index contributed by atoms with van der Waals surface area (Å²) in [4.78, 5) is 16.7. The first-order valence-electron chi connectivity index (χ1n) is 9.86. The third kappa shape index (κ3) is 6.61. The van der Waals surface area contributed by atoms with Crippen molar-refractivity contribution in [3.05, 3.63) is 30.2 Å². The molecule has 154 valence electrons. The Balaban J connectivity index is 0.00000280. The Morgan fingerprint density at radius 1 is 1.21 bits per heavy atom. The molecule has 2 aromatic heterocycles. The van der Waals surface area contributed by atoms with Crippen molar-refractivity contribution >= 4 is 41.5 Å². The Bertz CT molecular complexity index is 770. The Labute approximate surface area is 183 Å². The molecule has 2 heterocycles. The average molecular weight is 499 g/mol. The lowest BCUT2D eigenvalue weighted by atomic mass is 9.95. The summed E-state index contributed by atoms with van der Waals surface area (Å²) in [5.74, 6) is 1.56. The van der Waals surface area contributed by atoms with E-state index in [0.717, 1.165) is 30.9 Å². The molecule has 1 fully saturated rings. The zero-order valence-electron chi connectivity index (χ0n) is 16.4. The van der Waals surface area contributed by atoms with Crippen molar-refractivity contribution in [2.24, 2.45) is 4.99 Å². The van der Waals surface area contributed by atoms with E-state index < -0.39 is 0 Å². The van der Waals surface area contributed by atoms with Gasteiger partial charge in [0.25, 0.3) is 0 Å². The maximum Gasteiger partial charge on any atom is 0.221 e. The number of rotatable bonds is 7. The Hall–Kier alpha value is -1.91. The highest BCUT2D eigenvalue weighted by Crippen LogP contribution is 2.17. The summed E-state index contributed by atoms with van der Waals surface area (Å²) in [5, 5.41) is 17.9. The monoisotopic (exact) mass is 499 g/mol. The van der Waals surface area contributed by atoms with Gasteiger partial charge < -0.3 is 16.0 Å². The zero-order chi connectivity index (χ0) is 18.9. The number of aromatic nitrogens is 3. The van der Waals surface area contributed by atoms with Gasteiger partial charge in [0.05, 0.1) is 0 Å². The molecule has 3 rings (SSSR count). The molecule has 0 spiro atoms. The number of aliphatic imine (C=N–C) groups is 1. The van der Waals surface area contributed by atoms with Gasteiger partial charge in [0, 0.05) is 31.7 Å². The van der Waals surface area contributed by atoms with Crippen LogP contribution in [-0.2, 0) is 11.3 Å². The van der Waals surface area contributed by atoms with Crippen molar-refractivity contribution in [2.45, 2.75) is 58.0 Å². The number of halogens is 1. The molecule has 9 heteroatoms. The van der Waals surface area contributed by atoms with Gasteiger partial charge in [0.15, 0.2) is 17.4 Å². The summed E-state index contributed by atoms with van der Waals surface area (Å²) in [5.41, 5.74) is 0.806. The number of carbonyl (C=O) groups is 1. The van der Waals surface area contributed by atoms with Crippen LogP contribution in [0.4, 0.5) is 0 Å². The molecule has 8 nitrogen and oxygen atoms in total. The first kappa shape index (κ1) is 22.4. The van der Waals surface area contributed by atoms with Crippen LogP contribution in [0.5, 0.6) is 0 Å². The third-order valence-electron chi connectivity index (χ3n) is 4.72. The smallest absolute Gasteiger partial charge is 0.221 e. The molecule has 1 aliphatic carbocycles. The van der Waals surface area contributed by atoms with Gasteiger partial charge in [-0.15, -0.1) is 34.2 Å². The highest BCUT2D eigenvalue weighted by molar-refractivity contribution is 14.0. The lowest BCUT2D eigenvalue weighted by molar-refractivity contribution is -0.121. The predicted octanol–water partition coefficient (Wildman–Crippen LogP) is 2.24. The lowest BCUT2D eigenvalue weighted by Crippen LogP contribution is -2.41. The number of amides is 1. The molecule has 0 bridgehead atoms. The average Bonchev–Trinajstić information content (AvgIpc) is 3.10.